The highest BCUT2D eigenvalue weighted by Gasteiger charge is 2.18. The van der Waals surface area contributed by atoms with E-state index in [0.717, 1.165) is 6.04 Å². The van der Waals surface area contributed by atoms with Crippen molar-refractivity contribution in [3.05, 3.63) is 11.6 Å². The van der Waals surface area contributed by atoms with E-state index in [9.17, 15) is 4.11 Å². The van der Waals surface area contributed by atoms with E-state index in [0.29, 0.717) is 0 Å². The monoisotopic (exact) mass is 186 g/mol. The van der Waals surface area contributed by atoms with Gasteiger partial charge in [0.05, 0.1) is 0 Å². The van der Waals surface area contributed by atoms with Gasteiger partial charge in [0.15, 0.2) is 0 Å². The summed E-state index contributed by atoms with van der Waals surface area (Å²) in [6.07, 6.45) is 8.63. The Labute approximate surface area is 76.0 Å². The fourth-order valence-electron chi connectivity index (χ4n) is 1.60. The molecule has 0 radical (unpaired) electrons. The molecule has 1 aliphatic rings. The zero-order chi connectivity index (χ0) is 9.03. The van der Waals surface area contributed by atoms with E-state index in [-0.39, 0.29) is 0 Å². The molecule has 1 rings (SSSR count). The Balaban J connectivity index is 2.35. The Hall–Kier alpha value is -0.113. The Kier molecular flexibility index (Phi) is 3.50. The summed E-state index contributed by atoms with van der Waals surface area (Å²) in [5.41, 5.74) is 1.51. The first-order valence-corrected chi connectivity index (χ1v) is 8.03. The molecule has 0 unspecified atom stereocenters. The van der Waals surface area contributed by atoms with Gasteiger partial charge in [-0.1, -0.05) is 18.1 Å². The lowest BCUT2D eigenvalue weighted by Gasteiger charge is -2.15. The summed E-state index contributed by atoms with van der Waals surface area (Å²) in [6.45, 7) is 3.57. The first-order valence-electron chi connectivity index (χ1n) is 4.95. The Morgan fingerprint density at radius 1 is 1.25 bits per heavy atom. The van der Waals surface area contributed by atoms with E-state index in [1.165, 1.54) is 37.7 Å². The van der Waals surface area contributed by atoms with E-state index in [4.69, 9.17) is 0 Å². The topological polar surface area (TPSA) is 0 Å². The van der Waals surface area contributed by atoms with Crippen molar-refractivity contribution in [2.45, 2.75) is 51.2 Å². The summed E-state index contributed by atoms with van der Waals surface area (Å²) in [6, 6.07) is 0.725. The van der Waals surface area contributed by atoms with Crippen molar-refractivity contribution in [2.75, 3.05) is 0 Å². The van der Waals surface area contributed by atoms with Gasteiger partial charge < -0.3 is 4.11 Å². The summed E-state index contributed by atoms with van der Waals surface area (Å²) in [5, 5.41) is 0. The number of rotatable bonds is 2. The maximum Gasteiger partial charge on any atom is 0.244 e. The third-order valence-corrected chi connectivity index (χ3v) is 3.55. The van der Waals surface area contributed by atoms with Crippen LogP contribution in [0.4, 0.5) is 4.11 Å². The van der Waals surface area contributed by atoms with Crippen LogP contribution in [0, 0.1) is 0 Å². The summed E-state index contributed by atoms with van der Waals surface area (Å²) >= 11 is 0. The van der Waals surface area contributed by atoms with Crippen LogP contribution in [0.1, 0.15) is 32.1 Å². The van der Waals surface area contributed by atoms with Crippen LogP contribution in [0.3, 0.4) is 0 Å². The van der Waals surface area contributed by atoms with Crippen molar-refractivity contribution in [3.8, 4) is 0 Å². The summed E-state index contributed by atoms with van der Waals surface area (Å²) in [4.78, 5) is 0. The molecular weight excluding hydrogens is 167 g/mol. The minimum Gasteiger partial charge on any atom is -0.314 e. The van der Waals surface area contributed by atoms with Crippen LogP contribution in [-0.4, -0.2) is 8.41 Å². The Morgan fingerprint density at radius 3 is 2.33 bits per heavy atom. The molecule has 0 spiro atoms. The smallest absolute Gasteiger partial charge is 0.244 e. The van der Waals surface area contributed by atoms with E-state index in [1.54, 1.807) is 13.1 Å². The zero-order valence-corrected chi connectivity index (χ0v) is 9.20. The van der Waals surface area contributed by atoms with Gasteiger partial charge in [0, 0.05) is 0 Å². The van der Waals surface area contributed by atoms with Gasteiger partial charge in [0.2, 0.25) is 8.41 Å². The SMILES string of the molecule is C[Si](C)(F)CC=C1CCCCC1. The van der Waals surface area contributed by atoms with Crippen LogP contribution in [0.15, 0.2) is 11.6 Å². The van der Waals surface area contributed by atoms with Gasteiger partial charge in [-0.3, -0.25) is 0 Å². The van der Waals surface area contributed by atoms with Gasteiger partial charge in [-0.05, 0) is 44.8 Å². The number of halogens is 1. The fraction of sp³-hybridized carbons (Fsp3) is 0.800. The molecule has 0 atom stereocenters. The van der Waals surface area contributed by atoms with Gasteiger partial charge in [-0.2, -0.15) is 0 Å². The quantitative estimate of drug-likeness (QED) is 0.347. The van der Waals surface area contributed by atoms with Crippen molar-refractivity contribution < 1.29 is 4.11 Å². The van der Waals surface area contributed by atoms with Crippen molar-refractivity contribution in [3.63, 3.8) is 0 Å². The van der Waals surface area contributed by atoms with Gasteiger partial charge in [-0.25, -0.2) is 0 Å². The molecule has 2 heteroatoms. The first-order chi connectivity index (χ1) is 5.58. The highest BCUT2D eigenvalue weighted by atomic mass is 28.4. The van der Waals surface area contributed by atoms with Gasteiger partial charge >= 0.3 is 0 Å². The summed E-state index contributed by atoms with van der Waals surface area (Å²) in [7, 11) is -2.32. The van der Waals surface area contributed by atoms with Crippen molar-refractivity contribution >= 4 is 8.41 Å². The van der Waals surface area contributed by atoms with Crippen LogP contribution in [0.2, 0.25) is 19.1 Å². The largest absolute Gasteiger partial charge is 0.314 e. The molecule has 0 aliphatic heterocycles. The minimum atomic E-state index is -2.32. The highest BCUT2D eigenvalue weighted by Crippen LogP contribution is 2.24. The maximum atomic E-state index is 13.2. The minimum absolute atomic E-state index is 0.725. The number of hydrogen-bond donors (Lipinski definition) is 0. The lowest BCUT2D eigenvalue weighted by atomic mass is 9.95. The number of allylic oxidation sites excluding steroid dienone is 2. The molecule has 0 aromatic rings. The summed E-state index contributed by atoms with van der Waals surface area (Å²) in [5.74, 6) is 0. The normalized spacial score (nSPS) is 19.4. The second-order valence-electron chi connectivity index (χ2n) is 4.35. The molecule has 0 bridgehead atoms. The number of hydrogen-bond acceptors (Lipinski definition) is 0. The van der Waals surface area contributed by atoms with E-state index >= 15 is 0 Å². The molecular formula is C10H19FSi. The van der Waals surface area contributed by atoms with Gasteiger partial charge in [-0.15, -0.1) is 0 Å². The first kappa shape index (κ1) is 9.97. The van der Waals surface area contributed by atoms with Crippen molar-refractivity contribution in [1.82, 2.24) is 0 Å². The van der Waals surface area contributed by atoms with Crippen molar-refractivity contribution in [1.29, 1.82) is 0 Å². The third kappa shape index (κ3) is 4.05. The molecule has 12 heavy (non-hydrogen) atoms. The van der Waals surface area contributed by atoms with Crippen LogP contribution >= 0.6 is 0 Å². The molecule has 1 saturated carbocycles. The summed E-state index contributed by atoms with van der Waals surface area (Å²) < 4.78 is 13.2. The van der Waals surface area contributed by atoms with Crippen LogP contribution in [-0.2, 0) is 0 Å². The molecule has 0 heterocycles. The predicted octanol–water partition coefficient (Wildman–Crippen LogP) is 4.05. The standard InChI is InChI=1S/C10H19FSi/c1-12(2,11)9-8-10-6-4-3-5-7-10/h8H,3-7,9H2,1-2H3. The second kappa shape index (κ2) is 4.22. The molecule has 1 aliphatic carbocycles. The second-order valence-corrected chi connectivity index (χ2v) is 8.19. The third-order valence-electron chi connectivity index (χ3n) is 2.37. The van der Waals surface area contributed by atoms with Gasteiger partial charge in [0.25, 0.3) is 0 Å². The lowest BCUT2D eigenvalue weighted by Crippen LogP contribution is -2.16. The predicted molar refractivity (Wildman–Crippen MR) is 54.6 cm³/mol. The zero-order valence-electron chi connectivity index (χ0n) is 8.20. The maximum absolute atomic E-state index is 13.2. The van der Waals surface area contributed by atoms with Crippen molar-refractivity contribution in [2.24, 2.45) is 0 Å². The molecule has 0 N–H and O–H groups in total. The lowest BCUT2D eigenvalue weighted by molar-refractivity contribution is 0.597. The average Bonchev–Trinajstić information content (AvgIpc) is 2.02. The Morgan fingerprint density at radius 2 is 1.83 bits per heavy atom. The van der Waals surface area contributed by atoms with E-state index in [2.05, 4.69) is 6.08 Å². The van der Waals surface area contributed by atoms with Crippen LogP contribution in [0.5, 0.6) is 0 Å². The average molecular weight is 186 g/mol. The molecule has 0 amide bonds. The van der Waals surface area contributed by atoms with E-state index in [1.807, 2.05) is 0 Å². The highest BCUT2D eigenvalue weighted by molar-refractivity contribution is 6.70. The van der Waals surface area contributed by atoms with Gasteiger partial charge in [0.1, 0.15) is 0 Å². The molecule has 0 nitrogen and oxygen atoms in total. The van der Waals surface area contributed by atoms with E-state index < -0.39 is 8.41 Å². The van der Waals surface area contributed by atoms with Crippen LogP contribution in [0.25, 0.3) is 0 Å². The molecule has 0 saturated heterocycles. The Bertz CT molecular complexity index is 159. The molecule has 0 aromatic heterocycles. The molecule has 70 valence electrons. The van der Waals surface area contributed by atoms with Crippen LogP contribution < -0.4 is 0 Å². The molecule has 0 aromatic carbocycles. The molecule has 1 fully saturated rings. The fourth-order valence-corrected chi connectivity index (χ4v) is 2.37.